The molecule has 96 valence electrons. The molecule has 0 bridgehead atoms. The van der Waals surface area contributed by atoms with Crippen molar-refractivity contribution in [2.24, 2.45) is 0 Å². The molecule has 6 heteroatoms. The van der Waals surface area contributed by atoms with E-state index in [-0.39, 0.29) is 5.75 Å². The average molecular weight is 402 g/mol. The van der Waals surface area contributed by atoms with E-state index in [1.165, 1.54) is 0 Å². The lowest BCUT2D eigenvalue weighted by Crippen LogP contribution is -1.92. The molecule has 0 aliphatic carbocycles. The molecule has 1 N–H and O–H groups in total. The molecular formula is C13H7Br2ClN2O. The van der Waals surface area contributed by atoms with Crippen LogP contribution < -0.4 is 0 Å². The second-order valence-corrected chi connectivity index (χ2v) is 6.12. The standard InChI is InChI=1S/C13H7Br2ClN2O/c1-5-3-2-4-6-10(5)18-11-7(14)9(16)8(15)13(19)12(11)17-6/h2-4,19H,1H3. The largest absolute Gasteiger partial charge is 0.504 e. The van der Waals surface area contributed by atoms with Crippen molar-refractivity contribution < 1.29 is 5.11 Å². The summed E-state index contributed by atoms with van der Waals surface area (Å²) in [5, 5.41) is 10.5. The maximum Gasteiger partial charge on any atom is 0.159 e. The van der Waals surface area contributed by atoms with E-state index in [2.05, 4.69) is 41.8 Å². The Bertz CT molecular complexity index is 836. The number of fused-ring (bicyclic) bond motifs is 2. The molecule has 0 spiro atoms. The first-order chi connectivity index (χ1) is 9.00. The minimum atomic E-state index is -0.000828. The maximum absolute atomic E-state index is 10.1. The summed E-state index contributed by atoms with van der Waals surface area (Å²) < 4.78 is 1.03. The molecule has 19 heavy (non-hydrogen) atoms. The van der Waals surface area contributed by atoms with Gasteiger partial charge in [-0.05, 0) is 50.4 Å². The van der Waals surface area contributed by atoms with Gasteiger partial charge in [-0.25, -0.2) is 9.97 Å². The molecule has 3 nitrogen and oxygen atoms in total. The number of nitrogens with zero attached hydrogens (tertiary/aromatic N) is 2. The zero-order chi connectivity index (χ0) is 13.7. The molecule has 0 saturated heterocycles. The number of para-hydroxylation sites is 1. The summed E-state index contributed by atoms with van der Waals surface area (Å²) in [6.07, 6.45) is 0. The van der Waals surface area contributed by atoms with Crippen molar-refractivity contribution in [2.75, 3.05) is 0 Å². The number of benzene rings is 2. The lowest BCUT2D eigenvalue weighted by atomic mass is 10.2. The third-order valence-corrected chi connectivity index (χ3v) is 5.30. The number of aryl methyl sites for hydroxylation is 1. The van der Waals surface area contributed by atoms with Gasteiger partial charge in [0.2, 0.25) is 0 Å². The van der Waals surface area contributed by atoms with Gasteiger partial charge in [-0.15, -0.1) is 0 Å². The number of hydrogen-bond donors (Lipinski definition) is 1. The van der Waals surface area contributed by atoms with Crippen LogP contribution in [0.3, 0.4) is 0 Å². The van der Waals surface area contributed by atoms with Crippen molar-refractivity contribution in [1.29, 1.82) is 0 Å². The first kappa shape index (κ1) is 13.1. The molecular weight excluding hydrogens is 395 g/mol. The smallest absolute Gasteiger partial charge is 0.159 e. The Hall–Kier alpha value is -0.910. The Morgan fingerprint density at radius 2 is 1.79 bits per heavy atom. The van der Waals surface area contributed by atoms with Crippen molar-refractivity contribution in [1.82, 2.24) is 9.97 Å². The highest BCUT2D eigenvalue weighted by atomic mass is 79.9. The zero-order valence-corrected chi connectivity index (χ0v) is 13.6. The minimum absolute atomic E-state index is 0.000828. The summed E-state index contributed by atoms with van der Waals surface area (Å²) in [6, 6.07) is 5.75. The summed E-state index contributed by atoms with van der Waals surface area (Å²) in [5.41, 5.74) is 3.53. The second-order valence-electron chi connectivity index (χ2n) is 4.15. The highest BCUT2D eigenvalue weighted by Gasteiger charge is 2.18. The monoisotopic (exact) mass is 400 g/mol. The van der Waals surface area contributed by atoms with Gasteiger partial charge >= 0.3 is 0 Å². The Morgan fingerprint density at radius 1 is 1.05 bits per heavy atom. The highest BCUT2D eigenvalue weighted by molar-refractivity contribution is 9.11. The van der Waals surface area contributed by atoms with Gasteiger partial charge in [0.05, 0.1) is 25.0 Å². The molecule has 0 aliphatic heterocycles. The molecule has 1 heterocycles. The molecule has 3 aromatic rings. The molecule has 0 saturated carbocycles. The summed E-state index contributed by atoms with van der Waals surface area (Å²) in [7, 11) is 0. The average Bonchev–Trinajstić information content (AvgIpc) is 2.42. The lowest BCUT2D eigenvalue weighted by Gasteiger charge is -2.09. The van der Waals surface area contributed by atoms with E-state index in [1.807, 2.05) is 25.1 Å². The maximum atomic E-state index is 10.1. The van der Waals surface area contributed by atoms with Gasteiger partial charge in [0, 0.05) is 0 Å². The quantitative estimate of drug-likeness (QED) is 0.426. The minimum Gasteiger partial charge on any atom is -0.504 e. The first-order valence-electron chi connectivity index (χ1n) is 5.43. The molecule has 0 radical (unpaired) electrons. The van der Waals surface area contributed by atoms with Gasteiger partial charge in [-0.1, -0.05) is 23.7 Å². The number of hydrogen-bond acceptors (Lipinski definition) is 3. The summed E-state index contributed by atoms with van der Waals surface area (Å²) in [4.78, 5) is 9.03. The van der Waals surface area contributed by atoms with Crippen LogP contribution in [0.2, 0.25) is 5.02 Å². The van der Waals surface area contributed by atoms with E-state index in [4.69, 9.17) is 11.6 Å². The predicted octanol–water partition coefficient (Wildman–Crippen LogP) is 4.98. The Labute approximate surface area is 130 Å². The SMILES string of the molecule is Cc1cccc2nc3c(O)c(Br)c(Cl)c(Br)c3nc12. The molecule has 3 rings (SSSR count). The fraction of sp³-hybridized carbons (Fsp3) is 0.0769. The van der Waals surface area contributed by atoms with E-state index < -0.39 is 0 Å². The van der Waals surface area contributed by atoms with Crippen LogP contribution in [0, 0.1) is 6.92 Å². The summed E-state index contributed by atoms with van der Waals surface area (Å²) >= 11 is 12.8. The number of phenols is 1. The van der Waals surface area contributed by atoms with E-state index >= 15 is 0 Å². The Kier molecular flexibility index (Phi) is 3.15. The normalized spacial score (nSPS) is 11.4. The van der Waals surface area contributed by atoms with Gasteiger partial charge in [-0.2, -0.15) is 0 Å². The van der Waals surface area contributed by atoms with Gasteiger partial charge < -0.3 is 5.11 Å². The highest BCUT2D eigenvalue weighted by Crippen LogP contribution is 2.43. The zero-order valence-electron chi connectivity index (χ0n) is 9.71. The van der Waals surface area contributed by atoms with Crippen molar-refractivity contribution in [3.05, 3.63) is 37.7 Å². The third kappa shape index (κ3) is 1.91. The van der Waals surface area contributed by atoms with Gasteiger partial charge in [0.25, 0.3) is 0 Å². The van der Waals surface area contributed by atoms with E-state index in [0.29, 0.717) is 25.0 Å². The van der Waals surface area contributed by atoms with Gasteiger partial charge in [0.15, 0.2) is 5.75 Å². The molecule has 2 aromatic carbocycles. The second kappa shape index (κ2) is 4.58. The van der Waals surface area contributed by atoms with Crippen LogP contribution in [0.1, 0.15) is 5.56 Å². The number of aromatic nitrogens is 2. The Balaban J connectivity index is 2.59. The molecule has 0 unspecified atom stereocenters. The van der Waals surface area contributed by atoms with Crippen molar-refractivity contribution in [3.63, 3.8) is 0 Å². The fourth-order valence-corrected chi connectivity index (χ4v) is 3.25. The lowest BCUT2D eigenvalue weighted by molar-refractivity contribution is 0.477. The Morgan fingerprint density at radius 3 is 2.53 bits per heavy atom. The van der Waals surface area contributed by atoms with Crippen LogP contribution in [-0.4, -0.2) is 15.1 Å². The topological polar surface area (TPSA) is 46.0 Å². The number of aromatic hydroxyl groups is 1. The molecule has 0 fully saturated rings. The summed E-state index contributed by atoms with van der Waals surface area (Å²) in [5.74, 6) is -0.000828. The first-order valence-corrected chi connectivity index (χ1v) is 7.39. The molecule has 0 aliphatic rings. The molecule has 0 amide bonds. The van der Waals surface area contributed by atoms with Crippen LogP contribution in [0.4, 0.5) is 0 Å². The predicted molar refractivity (Wildman–Crippen MR) is 83.9 cm³/mol. The van der Waals surface area contributed by atoms with Gasteiger partial charge in [0.1, 0.15) is 11.0 Å². The molecule has 1 aromatic heterocycles. The number of halogens is 3. The van der Waals surface area contributed by atoms with Crippen molar-refractivity contribution >= 4 is 65.5 Å². The van der Waals surface area contributed by atoms with Crippen molar-refractivity contribution in [2.45, 2.75) is 6.92 Å². The van der Waals surface area contributed by atoms with Crippen molar-refractivity contribution in [3.8, 4) is 5.75 Å². The van der Waals surface area contributed by atoms with Crippen LogP contribution >= 0.6 is 43.5 Å². The van der Waals surface area contributed by atoms with E-state index in [1.54, 1.807) is 0 Å². The number of phenolic OH excluding ortho intramolecular Hbond substituents is 1. The number of rotatable bonds is 0. The summed E-state index contributed by atoms with van der Waals surface area (Å²) in [6.45, 7) is 1.97. The third-order valence-electron chi connectivity index (χ3n) is 2.92. The van der Waals surface area contributed by atoms with Crippen LogP contribution in [0.25, 0.3) is 22.1 Å². The van der Waals surface area contributed by atoms with E-state index in [0.717, 1.165) is 16.6 Å². The van der Waals surface area contributed by atoms with Crippen LogP contribution in [-0.2, 0) is 0 Å². The van der Waals surface area contributed by atoms with Crippen LogP contribution in [0.5, 0.6) is 5.75 Å². The fourth-order valence-electron chi connectivity index (χ4n) is 1.94. The van der Waals surface area contributed by atoms with E-state index in [9.17, 15) is 5.11 Å². The van der Waals surface area contributed by atoms with Gasteiger partial charge in [-0.3, -0.25) is 0 Å². The van der Waals surface area contributed by atoms with Crippen LogP contribution in [0.15, 0.2) is 27.1 Å². The molecule has 0 atom stereocenters.